The van der Waals surface area contributed by atoms with Crippen LogP contribution >= 0.6 is 0 Å². The molecule has 20 heavy (non-hydrogen) atoms. The molecule has 0 aromatic heterocycles. The van der Waals surface area contributed by atoms with Gasteiger partial charge < -0.3 is 10.4 Å². The zero-order valence-electron chi connectivity index (χ0n) is 11.2. The first-order valence-electron chi connectivity index (χ1n) is 6.39. The molecule has 1 aromatic carbocycles. The Kier molecular flexibility index (Phi) is 6.01. The molecule has 2 N–H and O–H groups in total. The quantitative estimate of drug-likeness (QED) is 0.845. The number of nitrogens with one attached hydrogen (secondary N) is 1. The molecule has 0 spiro atoms. The van der Waals surface area contributed by atoms with Crippen molar-refractivity contribution < 1.29 is 23.1 Å². The molecule has 0 aliphatic carbocycles. The highest BCUT2D eigenvalue weighted by atomic mass is 19.4. The Labute approximate surface area is 115 Å². The first-order chi connectivity index (χ1) is 9.32. The van der Waals surface area contributed by atoms with Crippen LogP contribution in [0.25, 0.3) is 0 Å². The van der Waals surface area contributed by atoms with E-state index in [2.05, 4.69) is 5.32 Å². The largest absolute Gasteiger partial charge is 0.416 e. The van der Waals surface area contributed by atoms with Gasteiger partial charge in [0.2, 0.25) is 5.91 Å². The summed E-state index contributed by atoms with van der Waals surface area (Å²) >= 11 is 0. The van der Waals surface area contributed by atoms with Crippen LogP contribution in [0, 0.1) is 0 Å². The lowest BCUT2D eigenvalue weighted by Gasteiger charge is -2.13. The van der Waals surface area contributed by atoms with Gasteiger partial charge in [0.15, 0.2) is 0 Å². The molecule has 0 saturated heterocycles. The van der Waals surface area contributed by atoms with E-state index in [1.165, 1.54) is 12.1 Å². The van der Waals surface area contributed by atoms with Gasteiger partial charge in [-0.3, -0.25) is 4.79 Å². The van der Waals surface area contributed by atoms with Crippen molar-refractivity contribution in [3.8, 4) is 0 Å². The monoisotopic (exact) mass is 289 g/mol. The summed E-state index contributed by atoms with van der Waals surface area (Å²) in [5.41, 5.74) is -0.192. The number of amides is 1. The SMILES string of the molecule is CC(CCCO)NC(=O)Cc1ccc(C(F)(F)F)cc1. The van der Waals surface area contributed by atoms with Crippen molar-refractivity contribution in [1.82, 2.24) is 5.32 Å². The van der Waals surface area contributed by atoms with Crippen molar-refractivity contribution in [2.75, 3.05) is 6.61 Å². The van der Waals surface area contributed by atoms with Gasteiger partial charge in [-0.25, -0.2) is 0 Å². The number of halogens is 3. The zero-order chi connectivity index (χ0) is 15.2. The number of alkyl halides is 3. The van der Waals surface area contributed by atoms with Crippen LogP contribution in [0.15, 0.2) is 24.3 Å². The molecule has 1 aromatic rings. The maximum absolute atomic E-state index is 12.4. The average molecular weight is 289 g/mol. The second kappa shape index (κ2) is 7.28. The molecule has 0 fully saturated rings. The van der Waals surface area contributed by atoms with Crippen LogP contribution in [0.1, 0.15) is 30.9 Å². The minimum Gasteiger partial charge on any atom is -0.396 e. The van der Waals surface area contributed by atoms with Crippen molar-refractivity contribution in [2.24, 2.45) is 0 Å². The Bertz CT molecular complexity index is 429. The van der Waals surface area contributed by atoms with Crippen molar-refractivity contribution in [2.45, 2.75) is 38.4 Å². The molecule has 0 aliphatic heterocycles. The van der Waals surface area contributed by atoms with Crippen molar-refractivity contribution >= 4 is 5.91 Å². The second-order valence-electron chi connectivity index (χ2n) is 4.71. The lowest BCUT2D eigenvalue weighted by Crippen LogP contribution is -2.33. The van der Waals surface area contributed by atoms with Crippen LogP contribution < -0.4 is 5.32 Å². The highest BCUT2D eigenvalue weighted by Crippen LogP contribution is 2.29. The van der Waals surface area contributed by atoms with Crippen LogP contribution in [0.3, 0.4) is 0 Å². The van der Waals surface area contributed by atoms with Crippen molar-refractivity contribution in [3.05, 3.63) is 35.4 Å². The molecule has 6 heteroatoms. The van der Waals surface area contributed by atoms with Gasteiger partial charge in [-0.15, -0.1) is 0 Å². The average Bonchev–Trinajstić information content (AvgIpc) is 2.35. The summed E-state index contributed by atoms with van der Waals surface area (Å²) in [6.45, 7) is 1.89. The van der Waals surface area contributed by atoms with Crippen LogP contribution in [-0.2, 0) is 17.4 Å². The molecule has 1 unspecified atom stereocenters. The molecular formula is C14H18F3NO2. The maximum Gasteiger partial charge on any atom is 0.416 e. The molecule has 3 nitrogen and oxygen atoms in total. The van der Waals surface area contributed by atoms with Gasteiger partial charge in [0, 0.05) is 12.6 Å². The van der Waals surface area contributed by atoms with Gasteiger partial charge in [-0.2, -0.15) is 13.2 Å². The van der Waals surface area contributed by atoms with E-state index >= 15 is 0 Å². The highest BCUT2D eigenvalue weighted by molar-refractivity contribution is 5.78. The second-order valence-corrected chi connectivity index (χ2v) is 4.71. The first-order valence-corrected chi connectivity index (χ1v) is 6.39. The van der Waals surface area contributed by atoms with Crippen molar-refractivity contribution in [3.63, 3.8) is 0 Å². The number of aliphatic hydroxyl groups is 1. The molecule has 1 amide bonds. The molecular weight excluding hydrogens is 271 g/mol. The molecule has 0 heterocycles. The highest BCUT2D eigenvalue weighted by Gasteiger charge is 2.29. The maximum atomic E-state index is 12.4. The molecule has 1 rings (SSSR count). The van der Waals surface area contributed by atoms with E-state index in [1.807, 2.05) is 6.92 Å². The van der Waals surface area contributed by atoms with E-state index < -0.39 is 11.7 Å². The van der Waals surface area contributed by atoms with Crippen LogP contribution in [0.4, 0.5) is 13.2 Å². The van der Waals surface area contributed by atoms with Crippen LogP contribution in [0.5, 0.6) is 0 Å². The topological polar surface area (TPSA) is 49.3 Å². The van der Waals surface area contributed by atoms with Gasteiger partial charge in [0.05, 0.1) is 12.0 Å². The summed E-state index contributed by atoms with van der Waals surface area (Å²) in [5.74, 6) is -0.241. The fourth-order valence-electron chi connectivity index (χ4n) is 1.79. The lowest BCUT2D eigenvalue weighted by atomic mass is 10.1. The fraction of sp³-hybridized carbons (Fsp3) is 0.500. The number of hydrogen-bond donors (Lipinski definition) is 2. The van der Waals surface area contributed by atoms with Gasteiger partial charge in [0.25, 0.3) is 0 Å². The Hall–Kier alpha value is -1.56. The van der Waals surface area contributed by atoms with Gasteiger partial charge in [-0.05, 0) is 37.5 Å². The summed E-state index contributed by atoms with van der Waals surface area (Å²) in [5, 5.41) is 11.4. The molecule has 112 valence electrons. The van der Waals surface area contributed by atoms with Gasteiger partial charge in [-0.1, -0.05) is 12.1 Å². The number of carbonyl (C=O) groups is 1. The van der Waals surface area contributed by atoms with E-state index in [1.54, 1.807) is 0 Å². The predicted molar refractivity (Wildman–Crippen MR) is 69.1 cm³/mol. The number of benzene rings is 1. The predicted octanol–water partition coefficient (Wildman–Crippen LogP) is 2.53. The molecule has 0 aliphatic rings. The lowest BCUT2D eigenvalue weighted by molar-refractivity contribution is -0.137. The number of aliphatic hydroxyl groups excluding tert-OH is 1. The summed E-state index contributed by atoms with van der Waals surface area (Å²) in [4.78, 5) is 11.7. The Morgan fingerprint density at radius 3 is 2.40 bits per heavy atom. The van der Waals surface area contributed by atoms with E-state index in [9.17, 15) is 18.0 Å². The first kappa shape index (κ1) is 16.5. The molecule has 0 saturated carbocycles. The van der Waals surface area contributed by atoms with Crippen LogP contribution in [0.2, 0.25) is 0 Å². The van der Waals surface area contributed by atoms with Crippen molar-refractivity contribution in [1.29, 1.82) is 0 Å². The zero-order valence-corrected chi connectivity index (χ0v) is 11.2. The molecule has 0 radical (unpaired) electrons. The summed E-state index contributed by atoms with van der Waals surface area (Å²) in [6.07, 6.45) is -3.06. The number of hydrogen-bond acceptors (Lipinski definition) is 2. The summed E-state index contributed by atoms with van der Waals surface area (Å²) in [6, 6.07) is 4.49. The minimum absolute atomic E-state index is 0.0433. The third-order valence-corrected chi connectivity index (χ3v) is 2.85. The fourth-order valence-corrected chi connectivity index (χ4v) is 1.79. The normalized spacial score (nSPS) is 13.1. The summed E-state index contributed by atoms with van der Waals surface area (Å²) in [7, 11) is 0. The van der Waals surface area contributed by atoms with E-state index in [0.717, 1.165) is 12.1 Å². The third-order valence-electron chi connectivity index (χ3n) is 2.85. The third kappa shape index (κ3) is 5.61. The molecule has 1 atom stereocenters. The minimum atomic E-state index is -4.36. The van der Waals surface area contributed by atoms with Gasteiger partial charge in [0.1, 0.15) is 0 Å². The smallest absolute Gasteiger partial charge is 0.396 e. The van der Waals surface area contributed by atoms with E-state index in [4.69, 9.17) is 5.11 Å². The summed E-state index contributed by atoms with van der Waals surface area (Å²) < 4.78 is 37.1. The molecule has 0 bridgehead atoms. The Morgan fingerprint density at radius 2 is 1.90 bits per heavy atom. The van der Waals surface area contributed by atoms with Gasteiger partial charge >= 0.3 is 6.18 Å². The van der Waals surface area contributed by atoms with Crippen LogP contribution in [-0.4, -0.2) is 23.7 Å². The Morgan fingerprint density at radius 1 is 1.30 bits per heavy atom. The standard InChI is InChI=1S/C14H18F3NO2/c1-10(3-2-8-19)18-13(20)9-11-4-6-12(7-5-11)14(15,16)17/h4-7,10,19H,2-3,8-9H2,1H3,(H,18,20). The van der Waals surface area contributed by atoms with E-state index in [-0.39, 0.29) is 25.0 Å². The number of rotatable bonds is 6. The number of carbonyl (C=O) groups excluding carboxylic acids is 1. The Balaban J connectivity index is 2.50. The van der Waals surface area contributed by atoms with E-state index in [0.29, 0.717) is 18.4 Å².